The van der Waals surface area contributed by atoms with Crippen LogP contribution in [-0.4, -0.2) is 15.7 Å². The van der Waals surface area contributed by atoms with E-state index < -0.39 is 0 Å². The molecule has 0 spiro atoms. The van der Waals surface area contributed by atoms with Gasteiger partial charge in [-0.25, -0.2) is 4.98 Å². The van der Waals surface area contributed by atoms with Gasteiger partial charge in [0.2, 0.25) is 0 Å². The lowest BCUT2D eigenvalue weighted by molar-refractivity contribution is 0.111. The zero-order valence-electron chi connectivity index (χ0n) is 7.58. The van der Waals surface area contributed by atoms with Crippen molar-refractivity contribution in [2.75, 3.05) is 0 Å². The number of carbonyl (C=O) groups excluding carboxylic acids is 1. The molecule has 0 aromatic carbocycles. The first kappa shape index (κ1) is 8.82. The van der Waals surface area contributed by atoms with Crippen molar-refractivity contribution in [3.63, 3.8) is 0 Å². The van der Waals surface area contributed by atoms with Gasteiger partial charge in [-0.15, -0.1) is 22.7 Å². The summed E-state index contributed by atoms with van der Waals surface area (Å²) in [5.74, 6) is 0. The van der Waals surface area contributed by atoms with Gasteiger partial charge >= 0.3 is 0 Å². The molecule has 0 saturated carbocycles. The van der Waals surface area contributed by atoms with Gasteiger partial charge < -0.3 is 0 Å². The first-order chi connectivity index (χ1) is 7.40. The molecule has 3 nitrogen and oxygen atoms in total. The van der Waals surface area contributed by atoms with Crippen LogP contribution >= 0.6 is 22.7 Å². The Hall–Kier alpha value is -1.46. The van der Waals surface area contributed by atoms with Crippen molar-refractivity contribution in [2.24, 2.45) is 0 Å². The normalized spacial score (nSPS) is 10.9. The molecule has 3 aromatic rings. The van der Waals surface area contributed by atoms with Gasteiger partial charge in [0.05, 0.1) is 4.88 Å². The average molecular weight is 234 g/mol. The van der Waals surface area contributed by atoms with Crippen LogP contribution in [0, 0.1) is 0 Å². The number of fused-ring (bicyclic) bond motifs is 1. The van der Waals surface area contributed by atoms with E-state index in [1.54, 1.807) is 11.3 Å². The Bertz CT molecular complexity index is 606. The van der Waals surface area contributed by atoms with Crippen molar-refractivity contribution < 1.29 is 4.79 Å². The zero-order chi connectivity index (χ0) is 10.3. The molecular formula is C10H6N2OS2. The first-order valence-electron chi connectivity index (χ1n) is 4.35. The third kappa shape index (κ3) is 1.24. The maximum absolute atomic E-state index is 11.0. The summed E-state index contributed by atoms with van der Waals surface area (Å²) >= 11 is 3.13. The quantitative estimate of drug-likeness (QED) is 0.639. The molecule has 0 aliphatic carbocycles. The second-order valence-corrected chi connectivity index (χ2v) is 4.82. The monoisotopic (exact) mass is 234 g/mol. The van der Waals surface area contributed by atoms with E-state index in [-0.39, 0.29) is 0 Å². The number of hydrogen-bond donors (Lipinski definition) is 0. The van der Waals surface area contributed by atoms with Crippen LogP contribution in [0.4, 0.5) is 0 Å². The summed E-state index contributed by atoms with van der Waals surface area (Å²) in [6.45, 7) is 0. The number of imidazole rings is 1. The van der Waals surface area contributed by atoms with Crippen molar-refractivity contribution in [3.8, 4) is 10.6 Å². The van der Waals surface area contributed by atoms with E-state index >= 15 is 0 Å². The minimum absolute atomic E-state index is 0.633. The number of thiophene rings is 1. The molecule has 0 aliphatic heterocycles. The number of aldehydes is 1. The third-order valence-electron chi connectivity index (χ3n) is 2.17. The molecular weight excluding hydrogens is 228 g/mol. The maximum atomic E-state index is 11.0. The average Bonchev–Trinajstić information content (AvgIpc) is 2.93. The van der Waals surface area contributed by atoms with Crippen LogP contribution in [0.5, 0.6) is 0 Å². The molecule has 0 amide bonds. The van der Waals surface area contributed by atoms with Crippen LogP contribution in [0.1, 0.15) is 10.5 Å². The maximum Gasteiger partial charge on any atom is 0.194 e. The van der Waals surface area contributed by atoms with E-state index in [0.29, 0.717) is 5.69 Å². The van der Waals surface area contributed by atoms with E-state index in [9.17, 15) is 4.79 Å². The van der Waals surface area contributed by atoms with Crippen LogP contribution in [0.2, 0.25) is 0 Å². The predicted octanol–water partition coefficient (Wildman–Crippen LogP) is 2.94. The molecule has 0 bridgehead atoms. The summed E-state index contributed by atoms with van der Waals surface area (Å²) in [4.78, 5) is 17.4. The Kier molecular flexibility index (Phi) is 1.93. The van der Waals surface area contributed by atoms with Gasteiger partial charge in [-0.3, -0.25) is 9.20 Å². The Morgan fingerprint density at radius 1 is 1.33 bits per heavy atom. The largest absolute Gasteiger partial charge is 0.296 e. The molecule has 3 heterocycles. The Morgan fingerprint density at radius 3 is 3.00 bits per heavy atom. The second-order valence-electron chi connectivity index (χ2n) is 3.00. The molecule has 0 unspecified atom stereocenters. The third-order valence-corrected chi connectivity index (χ3v) is 3.80. The van der Waals surface area contributed by atoms with Crippen molar-refractivity contribution in [1.82, 2.24) is 9.38 Å². The fourth-order valence-corrected chi connectivity index (χ4v) is 2.95. The number of rotatable bonds is 2. The summed E-state index contributed by atoms with van der Waals surface area (Å²) in [5.41, 5.74) is 1.42. The summed E-state index contributed by atoms with van der Waals surface area (Å²) in [6, 6.07) is 3.94. The topological polar surface area (TPSA) is 34.4 Å². The molecule has 0 fully saturated rings. The minimum atomic E-state index is 0.633. The lowest BCUT2D eigenvalue weighted by Gasteiger charge is -1.91. The van der Waals surface area contributed by atoms with E-state index in [2.05, 4.69) is 4.98 Å². The fraction of sp³-hybridized carbons (Fsp3) is 0. The fourth-order valence-electron chi connectivity index (χ4n) is 1.51. The molecule has 0 aliphatic rings. The molecule has 3 aromatic heterocycles. The molecule has 0 saturated heterocycles. The molecule has 0 atom stereocenters. The molecule has 0 radical (unpaired) electrons. The summed E-state index contributed by atoms with van der Waals surface area (Å²) in [7, 11) is 0. The lowest BCUT2D eigenvalue weighted by Crippen LogP contribution is -1.88. The Morgan fingerprint density at radius 2 is 2.27 bits per heavy atom. The van der Waals surface area contributed by atoms with Crippen LogP contribution in [0.15, 0.2) is 29.1 Å². The van der Waals surface area contributed by atoms with Gasteiger partial charge in [0.25, 0.3) is 0 Å². The summed E-state index contributed by atoms with van der Waals surface area (Å²) in [6.07, 6.45) is 2.73. The molecule has 0 N–H and O–H groups in total. The minimum Gasteiger partial charge on any atom is -0.296 e. The highest BCUT2D eigenvalue weighted by atomic mass is 32.1. The standard InChI is InChI=1S/C10H6N2OS2/c13-6-7-9(8-2-1-4-14-8)11-10-12(7)3-5-15-10/h1-6H. The van der Waals surface area contributed by atoms with E-state index in [1.165, 1.54) is 11.3 Å². The predicted molar refractivity (Wildman–Crippen MR) is 61.8 cm³/mol. The molecule has 15 heavy (non-hydrogen) atoms. The highest BCUT2D eigenvalue weighted by molar-refractivity contribution is 7.15. The van der Waals surface area contributed by atoms with Gasteiger partial charge in [0.15, 0.2) is 11.2 Å². The van der Waals surface area contributed by atoms with Gasteiger partial charge in [0, 0.05) is 11.6 Å². The Labute approximate surface area is 93.6 Å². The Balaban J connectivity index is 2.35. The van der Waals surface area contributed by atoms with Gasteiger partial charge in [-0.05, 0) is 11.4 Å². The van der Waals surface area contributed by atoms with Crippen molar-refractivity contribution >= 4 is 33.9 Å². The number of hydrogen-bond acceptors (Lipinski definition) is 4. The SMILES string of the molecule is O=Cc1c(-c2cccs2)nc2sccn12. The van der Waals surface area contributed by atoms with Crippen LogP contribution in [-0.2, 0) is 0 Å². The van der Waals surface area contributed by atoms with Crippen molar-refractivity contribution in [2.45, 2.75) is 0 Å². The highest BCUT2D eigenvalue weighted by Gasteiger charge is 2.14. The summed E-state index contributed by atoms with van der Waals surface area (Å²) < 4.78 is 1.83. The molecule has 74 valence electrons. The van der Waals surface area contributed by atoms with Crippen LogP contribution < -0.4 is 0 Å². The van der Waals surface area contributed by atoms with Gasteiger partial charge in [0.1, 0.15) is 11.4 Å². The van der Waals surface area contributed by atoms with Gasteiger partial charge in [-0.1, -0.05) is 6.07 Å². The van der Waals surface area contributed by atoms with E-state index in [1.807, 2.05) is 33.5 Å². The van der Waals surface area contributed by atoms with Crippen molar-refractivity contribution in [1.29, 1.82) is 0 Å². The number of thiazole rings is 1. The zero-order valence-corrected chi connectivity index (χ0v) is 9.22. The number of aromatic nitrogens is 2. The van der Waals surface area contributed by atoms with Crippen molar-refractivity contribution in [3.05, 3.63) is 34.8 Å². The number of nitrogens with zero attached hydrogens (tertiary/aromatic N) is 2. The van der Waals surface area contributed by atoms with Crippen LogP contribution in [0.3, 0.4) is 0 Å². The lowest BCUT2D eigenvalue weighted by atomic mass is 10.3. The van der Waals surface area contributed by atoms with Crippen LogP contribution in [0.25, 0.3) is 15.5 Å². The van der Waals surface area contributed by atoms with E-state index in [0.717, 1.165) is 21.8 Å². The first-order valence-corrected chi connectivity index (χ1v) is 6.10. The van der Waals surface area contributed by atoms with E-state index in [4.69, 9.17) is 0 Å². The second kappa shape index (κ2) is 3.29. The highest BCUT2D eigenvalue weighted by Crippen LogP contribution is 2.28. The smallest absolute Gasteiger partial charge is 0.194 e. The van der Waals surface area contributed by atoms with Gasteiger partial charge in [-0.2, -0.15) is 0 Å². The number of carbonyl (C=O) groups is 1. The molecule has 5 heteroatoms. The molecule has 3 rings (SSSR count). The summed E-state index contributed by atoms with van der Waals surface area (Å²) in [5, 5.41) is 3.91.